The molecule has 1 fully saturated rings. The van der Waals surface area contributed by atoms with E-state index in [0.717, 1.165) is 12.2 Å². The SMILES string of the molecule is COc1ccc(C2=C(C3CCN(C)CC3)Cc3ccccc32)cc1.Cl. The number of benzene rings is 2. The Balaban J connectivity index is 0.00000182. The van der Waals surface area contributed by atoms with Gasteiger partial charge >= 0.3 is 0 Å². The van der Waals surface area contributed by atoms with Crippen molar-refractivity contribution in [3.63, 3.8) is 0 Å². The molecule has 0 amide bonds. The molecule has 3 heteroatoms. The molecule has 0 N–H and O–H groups in total. The van der Waals surface area contributed by atoms with Crippen LogP contribution in [0.1, 0.15) is 29.5 Å². The fourth-order valence-corrected chi connectivity index (χ4v) is 4.19. The summed E-state index contributed by atoms with van der Waals surface area (Å²) in [5.74, 6) is 1.64. The van der Waals surface area contributed by atoms with Gasteiger partial charge in [-0.25, -0.2) is 0 Å². The Morgan fingerprint density at radius 3 is 2.32 bits per heavy atom. The van der Waals surface area contributed by atoms with E-state index in [0.29, 0.717) is 5.92 Å². The zero-order valence-electron chi connectivity index (χ0n) is 15.0. The van der Waals surface area contributed by atoms with Crippen molar-refractivity contribution in [2.24, 2.45) is 5.92 Å². The predicted octanol–water partition coefficient (Wildman–Crippen LogP) is 4.82. The van der Waals surface area contributed by atoms with Gasteiger partial charge in [0.25, 0.3) is 0 Å². The van der Waals surface area contributed by atoms with Gasteiger partial charge in [0.15, 0.2) is 0 Å². The highest BCUT2D eigenvalue weighted by molar-refractivity contribution is 5.87. The van der Waals surface area contributed by atoms with Gasteiger partial charge in [-0.05, 0) is 79.7 Å². The van der Waals surface area contributed by atoms with Crippen LogP contribution in [-0.2, 0) is 6.42 Å². The van der Waals surface area contributed by atoms with E-state index in [1.807, 2.05) is 0 Å². The minimum Gasteiger partial charge on any atom is -0.497 e. The van der Waals surface area contributed by atoms with Crippen LogP contribution in [0.3, 0.4) is 0 Å². The van der Waals surface area contributed by atoms with Gasteiger partial charge in [-0.2, -0.15) is 0 Å². The van der Waals surface area contributed by atoms with E-state index in [1.165, 1.54) is 48.2 Å². The highest BCUT2D eigenvalue weighted by Gasteiger charge is 2.29. The molecule has 4 rings (SSSR count). The molecule has 0 bridgehead atoms. The monoisotopic (exact) mass is 355 g/mol. The number of ether oxygens (including phenoxy) is 1. The number of rotatable bonds is 3. The molecular weight excluding hydrogens is 330 g/mol. The van der Waals surface area contributed by atoms with Crippen molar-refractivity contribution < 1.29 is 4.74 Å². The Hall–Kier alpha value is -1.77. The van der Waals surface area contributed by atoms with Gasteiger partial charge in [0.1, 0.15) is 5.75 Å². The number of allylic oxidation sites excluding steroid dienone is 1. The van der Waals surface area contributed by atoms with Crippen LogP contribution in [0, 0.1) is 5.92 Å². The van der Waals surface area contributed by atoms with Crippen LogP contribution in [0.15, 0.2) is 54.1 Å². The molecule has 25 heavy (non-hydrogen) atoms. The van der Waals surface area contributed by atoms with Crippen LogP contribution < -0.4 is 4.74 Å². The van der Waals surface area contributed by atoms with Gasteiger partial charge in [-0.1, -0.05) is 42.0 Å². The van der Waals surface area contributed by atoms with Gasteiger partial charge in [0, 0.05) is 0 Å². The average molecular weight is 356 g/mol. The van der Waals surface area contributed by atoms with E-state index in [1.54, 1.807) is 12.7 Å². The number of hydrogen-bond acceptors (Lipinski definition) is 2. The molecule has 1 saturated heterocycles. The lowest BCUT2D eigenvalue weighted by Crippen LogP contribution is -2.31. The van der Waals surface area contributed by atoms with Gasteiger partial charge in [0.05, 0.1) is 7.11 Å². The average Bonchev–Trinajstić information content (AvgIpc) is 3.02. The third-order valence-corrected chi connectivity index (χ3v) is 5.58. The summed E-state index contributed by atoms with van der Waals surface area (Å²) in [6, 6.07) is 17.5. The van der Waals surface area contributed by atoms with Crippen LogP contribution in [0.4, 0.5) is 0 Å². The minimum atomic E-state index is 0. The second-order valence-corrected chi connectivity index (χ2v) is 7.04. The van der Waals surface area contributed by atoms with Crippen molar-refractivity contribution in [2.75, 3.05) is 27.2 Å². The minimum absolute atomic E-state index is 0. The molecule has 1 aliphatic heterocycles. The predicted molar refractivity (Wildman–Crippen MR) is 107 cm³/mol. The first-order valence-electron chi connectivity index (χ1n) is 8.90. The maximum absolute atomic E-state index is 5.33. The number of nitrogens with zero attached hydrogens (tertiary/aromatic N) is 1. The fraction of sp³-hybridized carbons (Fsp3) is 0.364. The largest absolute Gasteiger partial charge is 0.497 e. The maximum Gasteiger partial charge on any atom is 0.118 e. The lowest BCUT2D eigenvalue weighted by molar-refractivity contribution is 0.237. The second kappa shape index (κ2) is 7.63. The number of hydrogen-bond donors (Lipinski definition) is 0. The summed E-state index contributed by atoms with van der Waals surface area (Å²) in [4.78, 5) is 2.45. The first-order chi connectivity index (χ1) is 11.8. The van der Waals surface area contributed by atoms with Crippen LogP contribution in [0.25, 0.3) is 5.57 Å². The summed E-state index contributed by atoms with van der Waals surface area (Å²) >= 11 is 0. The van der Waals surface area contributed by atoms with E-state index >= 15 is 0 Å². The van der Waals surface area contributed by atoms with Crippen LogP contribution in [0.2, 0.25) is 0 Å². The molecule has 132 valence electrons. The number of likely N-dealkylation sites (tertiary alicyclic amines) is 1. The molecule has 0 unspecified atom stereocenters. The quantitative estimate of drug-likeness (QED) is 0.782. The summed E-state index contributed by atoms with van der Waals surface area (Å²) in [5, 5.41) is 0. The molecule has 0 radical (unpaired) electrons. The molecule has 0 saturated carbocycles. The van der Waals surface area contributed by atoms with Crippen molar-refractivity contribution in [1.82, 2.24) is 4.90 Å². The van der Waals surface area contributed by atoms with Gasteiger partial charge < -0.3 is 9.64 Å². The zero-order valence-corrected chi connectivity index (χ0v) is 15.8. The number of fused-ring (bicyclic) bond motifs is 1. The zero-order chi connectivity index (χ0) is 16.5. The molecule has 1 aliphatic carbocycles. The van der Waals surface area contributed by atoms with Crippen LogP contribution in [-0.4, -0.2) is 32.1 Å². The van der Waals surface area contributed by atoms with Crippen molar-refractivity contribution in [3.05, 3.63) is 70.8 Å². The molecular formula is C22H26ClNO. The molecule has 2 aromatic carbocycles. The van der Waals surface area contributed by atoms with E-state index in [2.05, 4.69) is 60.5 Å². The number of methoxy groups -OCH3 is 1. The highest BCUT2D eigenvalue weighted by atomic mass is 35.5. The van der Waals surface area contributed by atoms with E-state index < -0.39 is 0 Å². The summed E-state index contributed by atoms with van der Waals surface area (Å²) < 4.78 is 5.33. The molecule has 0 aromatic heterocycles. The lowest BCUT2D eigenvalue weighted by Gasteiger charge is -2.30. The third kappa shape index (κ3) is 3.47. The highest BCUT2D eigenvalue weighted by Crippen LogP contribution is 2.43. The molecule has 2 aliphatic rings. The third-order valence-electron chi connectivity index (χ3n) is 5.58. The van der Waals surface area contributed by atoms with Gasteiger partial charge in [0.2, 0.25) is 0 Å². The van der Waals surface area contributed by atoms with Crippen molar-refractivity contribution in [2.45, 2.75) is 19.3 Å². The van der Waals surface area contributed by atoms with Crippen molar-refractivity contribution >= 4 is 18.0 Å². The molecule has 2 nitrogen and oxygen atoms in total. The Labute approximate surface area is 156 Å². The Kier molecular flexibility index (Phi) is 5.51. The summed E-state index contributed by atoms with van der Waals surface area (Å²) in [5.41, 5.74) is 7.36. The topological polar surface area (TPSA) is 12.5 Å². The van der Waals surface area contributed by atoms with E-state index in [-0.39, 0.29) is 12.4 Å². The van der Waals surface area contributed by atoms with E-state index in [4.69, 9.17) is 4.74 Å². The standard InChI is InChI=1S/C22H25NO.ClH/c1-23-13-11-16(12-14-23)21-15-18-5-3-4-6-20(18)22(21)17-7-9-19(24-2)10-8-17;/h3-10,16H,11-15H2,1-2H3;1H. The molecule has 0 spiro atoms. The smallest absolute Gasteiger partial charge is 0.118 e. The number of halogens is 1. The Morgan fingerprint density at radius 2 is 1.64 bits per heavy atom. The fourth-order valence-electron chi connectivity index (χ4n) is 4.19. The summed E-state index contributed by atoms with van der Waals surface area (Å²) in [7, 11) is 3.96. The Morgan fingerprint density at radius 1 is 0.960 bits per heavy atom. The maximum atomic E-state index is 5.33. The Bertz CT molecular complexity index is 758. The first kappa shape index (κ1) is 18.0. The van der Waals surface area contributed by atoms with E-state index in [9.17, 15) is 0 Å². The first-order valence-corrected chi connectivity index (χ1v) is 8.90. The summed E-state index contributed by atoms with van der Waals surface area (Å²) in [6.45, 7) is 2.42. The van der Waals surface area contributed by atoms with Crippen molar-refractivity contribution in [1.29, 1.82) is 0 Å². The van der Waals surface area contributed by atoms with Crippen LogP contribution >= 0.6 is 12.4 Å². The van der Waals surface area contributed by atoms with Gasteiger partial charge in [-0.3, -0.25) is 0 Å². The normalized spacial score (nSPS) is 18.0. The molecule has 0 atom stereocenters. The number of piperidine rings is 1. The molecule has 2 aromatic rings. The lowest BCUT2D eigenvalue weighted by atomic mass is 9.84. The molecule has 1 heterocycles. The second-order valence-electron chi connectivity index (χ2n) is 7.04. The van der Waals surface area contributed by atoms with Crippen LogP contribution in [0.5, 0.6) is 5.75 Å². The van der Waals surface area contributed by atoms with Gasteiger partial charge in [-0.15, -0.1) is 12.4 Å². The summed E-state index contributed by atoms with van der Waals surface area (Å²) in [6.07, 6.45) is 3.67. The van der Waals surface area contributed by atoms with Crippen molar-refractivity contribution in [3.8, 4) is 5.75 Å².